The predicted octanol–water partition coefficient (Wildman–Crippen LogP) is 1.39. The molecule has 4 rings (SSSR count). The molecule has 3 aliphatic rings. The topological polar surface area (TPSA) is 82.2 Å². The standard InChI is InChI=1S/C24H34N4O4/c1-2-32-21-10-6-3-7-18(21)16-26-12-11-25-24(31)20(26)15-22(29)27-13-14-28(23(30)17-27)19-8-4-5-9-19/h3,6-7,10,19-20H,2,4-5,8-9,11-17H2,1H3,(H,25,31)/t20-/m0/s1. The van der Waals surface area contributed by atoms with Crippen LogP contribution >= 0.6 is 0 Å². The second-order valence-corrected chi connectivity index (χ2v) is 8.86. The van der Waals surface area contributed by atoms with Gasteiger partial charge in [0, 0.05) is 44.3 Å². The van der Waals surface area contributed by atoms with Crippen molar-refractivity contribution in [2.75, 3.05) is 39.3 Å². The Hall–Kier alpha value is -2.61. The molecule has 3 fully saturated rings. The number of carbonyl (C=O) groups is 3. The molecule has 8 nitrogen and oxygen atoms in total. The van der Waals surface area contributed by atoms with Crippen LogP contribution in [-0.2, 0) is 20.9 Å². The SMILES string of the molecule is CCOc1ccccc1CN1CCNC(=O)[C@@H]1CC(=O)N1CCN(C2CCCC2)C(=O)C1. The van der Waals surface area contributed by atoms with Gasteiger partial charge in [-0.3, -0.25) is 19.3 Å². The molecule has 32 heavy (non-hydrogen) atoms. The minimum Gasteiger partial charge on any atom is -0.494 e. The van der Waals surface area contributed by atoms with Crippen LogP contribution in [0.3, 0.4) is 0 Å². The number of rotatable bonds is 7. The maximum atomic E-state index is 13.1. The third-order valence-electron chi connectivity index (χ3n) is 6.83. The lowest BCUT2D eigenvalue weighted by Gasteiger charge is -2.39. The molecule has 1 saturated carbocycles. The molecular weight excluding hydrogens is 408 g/mol. The first kappa shape index (κ1) is 22.6. The van der Waals surface area contributed by atoms with Gasteiger partial charge in [-0.15, -0.1) is 0 Å². The minimum atomic E-state index is -0.547. The zero-order valence-corrected chi connectivity index (χ0v) is 18.9. The van der Waals surface area contributed by atoms with Crippen molar-refractivity contribution < 1.29 is 19.1 Å². The molecule has 1 atom stereocenters. The zero-order chi connectivity index (χ0) is 22.5. The molecule has 1 aliphatic carbocycles. The van der Waals surface area contributed by atoms with E-state index in [0.717, 1.165) is 24.2 Å². The first-order valence-corrected chi connectivity index (χ1v) is 11.9. The fourth-order valence-corrected chi connectivity index (χ4v) is 5.12. The smallest absolute Gasteiger partial charge is 0.242 e. The Morgan fingerprint density at radius 1 is 1.12 bits per heavy atom. The molecule has 0 spiro atoms. The molecule has 1 N–H and O–H groups in total. The molecule has 1 aromatic carbocycles. The second kappa shape index (κ2) is 10.3. The number of hydrogen-bond acceptors (Lipinski definition) is 5. The van der Waals surface area contributed by atoms with Gasteiger partial charge in [-0.25, -0.2) is 0 Å². The van der Waals surface area contributed by atoms with Crippen LogP contribution in [0.4, 0.5) is 0 Å². The molecular formula is C24H34N4O4. The lowest BCUT2D eigenvalue weighted by molar-refractivity contribution is -0.148. The summed E-state index contributed by atoms with van der Waals surface area (Å²) < 4.78 is 5.74. The summed E-state index contributed by atoms with van der Waals surface area (Å²) in [5.74, 6) is 0.579. The first-order valence-electron chi connectivity index (χ1n) is 11.9. The van der Waals surface area contributed by atoms with E-state index in [4.69, 9.17) is 4.74 Å². The highest BCUT2D eigenvalue weighted by atomic mass is 16.5. The molecule has 0 radical (unpaired) electrons. The average molecular weight is 443 g/mol. The molecule has 0 aromatic heterocycles. The van der Waals surface area contributed by atoms with Crippen molar-refractivity contribution in [2.24, 2.45) is 0 Å². The van der Waals surface area contributed by atoms with Gasteiger partial charge in [0.25, 0.3) is 0 Å². The van der Waals surface area contributed by atoms with E-state index in [0.29, 0.717) is 45.4 Å². The summed E-state index contributed by atoms with van der Waals surface area (Å²) in [4.78, 5) is 44.1. The highest BCUT2D eigenvalue weighted by Crippen LogP contribution is 2.26. The predicted molar refractivity (Wildman–Crippen MR) is 120 cm³/mol. The van der Waals surface area contributed by atoms with Gasteiger partial charge in [0.2, 0.25) is 17.7 Å². The highest BCUT2D eigenvalue weighted by Gasteiger charge is 2.36. The largest absolute Gasteiger partial charge is 0.494 e. The summed E-state index contributed by atoms with van der Waals surface area (Å²) in [5.41, 5.74) is 1.00. The summed E-state index contributed by atoms with van der Waals surface area (Å²) in [6.45, 7) is 5.53. The van der Waals surface area contributed by atoms with E-state index in [-0.39, 0.29) is 30.7 Å². The number of nitrogens with zero attached hydrogens (tertiary/aromatic N) is 3. The molecule has 0 bridgehead atoms. The van der Waals surface area contributed by atoms with Crippen molar-refractivity contribution in [1.82, 2.24) is 20.0 Å². The van der Waals surface area contributed by atoms with Gasteiger partial charge >= 0.3 is 0 Å². The van der Waals surface area contributed by atoms with E-state index < -0.39 is 6.04 Å². The first-order chi connectivity index (χ1) is 15.6. The van der Waals surface area contributed by atoms with Gasteiger partial charge in [0.1, 0.15) is 5.75 Å². The normalized spacial score (nSPS) is 22.8. The molecule has 2 saturated heterocycles. The Balaban J connectivity index is 1.39. The van der Waals surface area contributed by atoms with Crippen LogP contribution < -0.4 is 10.1 Å². The van der Waals surface area contributed by atoms with E-state index in [1.165, 1.54) is 12.8 Å². The van der Waals surface area contributed by atoms with Gasteiger partial charge < -0.3 is 19.9 Å². The molecule has 2 aliphatic heterocycles. The Morgan fingerprint density at radius 3 is 2.66 bits per heavy atom. The number of amides is 3. The van der Waals surface area contributed by atoms with Crippen molar-refractivity contribution in [1.29, 1.82) is 0 Å². The van der Waals surface area contributed by atoms with Crippen molar-refractivity contribution >= 4 is 17.7 Å². The molecule has 174 valence electrons. The van der Waals surface area contributed by atoms with Crippen LogP contribution in [0.1, 0.15) is 44.6 Å². The summed E-state index contributed by atoms with van der Waals surface area (Å²) >= 11 is 0. The van der Waals surface area contributed by atoms with Gasteiger partial charge in [-0.05, 0) is 25.8 Å². The number of carbonyl (C=O) groups excluding carboxylic acids is 3. The fourth-order valence-electron chi connectivity index (χ4n) is 5.12. The van der Waals surface area contributed by atoms with Crippen molar-refractivity contribution in [3.05, 3.63) is 29.8 Å². The molecule has 1 aromatic rings. The second-order valence-electron chi connectivity index (χ2n) is 8.86. The Kier molecular flexibility index (Phi) is 7.29. The quantitative estimate of drug-likeness (QED) is 0.690. The number of para-hydroxylation sites is 1. The maximum absolute atomic E-state index is 13.1. The number of piperazine rings is 2. The van der Waals surface area contributed by atoms with Crippen LogP contribution in [-0.4, -0.2) is 83.8 Å². The van der Waals surface area contributed by atoms with Crippen molar-refractivity contribution in [2.45, 2.75) is 57.7 Å². The van der Waals surface area contributed by atoms with E-state index in [9.17, 15) is 14.4 Å². The van der Waals surface area contributed by atoms with Gasteiger partial charge in [0.15, 0.2) is 0 Å². The van der Waals surface area contributed by atoms with Crippen molar-refractivity contribution in [3.8, 4) is 5.75 Å². The molecule has 8 heteroatoms. The monoisotopic (exact) mass is 442 g/mol. The Labute approximate surface area is 189 Å². The summed E-state index contributed by atoms with van der Waals surface area (Å²) in [6.07, 6.45) is 4.58. The van der Waals surface area contributed by atoms with Gasteiger partial charge in [-0.2, -0.15) is 0 Å². The van der Waals surface area contributed by atoms with E-state index in [1.54, 1.807) is 4.90 Å². The van der Waals surface area contributed by atoms with Crippen LogP contribution in [0.15, 0.2) is 24.3 Å². The van der Waals surface area contributed by atoms with Crippen LogP contribution in [0.5, 0.6) is 5.75 Å². The van der Waals surface area contributed by atoms with Gasteiger partial charge in [0.05, 0.1) is 25.6 Å². The lowest BCUT2D eigenvalue weighted by Crippen LogP contribution is -2.58. The zero-order valence-electron chi connectivity index (χ0n) is 18.9. The van der Waals surface area contributed by atoms with Crippen LogP contribution in [0.25, 0.3) is 0 Å². The fraction of sp³-hybridized carbons (Fsp3) is 0.625. The van der Waals surface area contributed by atoms with Crippen molar-refractivity contribution in [3.63, 3.8) is 0 Å². The lowest BCUT2D eigenvalue weighted by atomic mass is 10.0. The number of benzene rings is 1. The Morgan fingerprint density at radius 2 is 1.91 bits per heavy atom. The number of ether oxygens (including phenoxy) is 1. The summed E-state index contributed by atoms with van der Waals surface area (Å²) in [6, 6.07) is 7.60. The maximum Gasteiger partial charge on any atom is 0.242 e. The third kappa shape index (κ3) is 5.06. The van der Waals surface area contributed by atoms with Gasteiger partial charge in [-0.1, -0.05) is 31.0 Å². The number of hydrogen-bond donors (Lipinski definition) is 1. The Bertz CT molecular complexity index is 839. The van der Waals surface area contributed by atoms with Crippen LogP contribution in [0.2, 0.25) is 0 Å². The summed E-state index contributed by atoms with van der Waals surface area (Å²) in [7, 11) is 0. The van der Waals surface area contributed by atoms with E-state index in [1.807, 2.05) is 41.0 Å². The highest BCUT2D eigenvalue weighted by molar-refractivity contribution is 5.91. The summed E-state index contributed by atoms with van der Waals surface area (Å²) in [5, 5.41) is 2.89. The molecule has 0 unspecified atom stereocenters. The van der Waals surface area contributed by atoms with Crippen LogP contribution in [0, 0.1) is 0 Å². The third-order valence-corrected chi connectivity index (χ3v) is 6.83. The van der Waals surface area contributed by atoms with E-state index >= 15 is 0 Å². The molecule has 2 heterocycles. The average Bonchev–Trinajstić information content (AvgIpc) is 3.32. The van der Waals surface area contributed by atoms with E-state index in [2.05, 4.69) is 5.32 Å². The number of nitrogens with one attached hydrogen (secondary N) is 1. The molecule has 3 amide bonds. The minimum absolute atomic E-state index is 0.0343.